The fraction of sp³-hybridized carbons (Fsp3) is 0.667. The SMILES string of the molecule is CCn1cc(CS(=O)CC(C)N)cn1. The van der Waals surface area contributed by atoms with Gasteiger partial charge in [-0.1, -0.05) is 0 Å². The maximum absolute atomic E-state index is 11.5. The molecule has 0 spiro atoms. The summed E-state index contributed by atoms with van der Waals surface area (Å²) in [6.07, 6.45) is 3.70. The van der Waals surface area contributed by atoms with Crippen molar-refractivity contribution < 1.29 is 4.21 Å². The van der Waals surface area contributed by atoms with Crippen LogP contribution in [0.3, 0.4) is 0 Å². The van der Waals surface area contributed by atoms with Gasteiger partial charge in [-0.2, -0.15) is 5.10 Å². The molecule has 0 saturated heterocycles. The fourth-order valence-electron chi connectivity index (χ4n) is 1.19. The molecule has 0 aromatic carbocycles. The third-order valence-electron chi connectivity index (χ3n) is 1.79. The van der Waals surface area contributed by atoms with Crippen molar-refractivity contribution in [3.63, 3.8) is 0 Å². The maximum atomic E-state index is 11.5. The molecular formula is C9H17N3OS. The van der Waals surface area contributed by atoms with Gasteiger partial charge in [-0.15, -0.1) is 0 Å². The summed E-state index contributed by atoms with van der Waals surface area (Å²) >= 11 is 0. The van der Waals surface area contributed by atoms with E-state index in [-0.39, 0.29) is 6.04 Å². The maximum Gasteiger partial charge on any atom is 0.0531 e. The number of nitrogens with two attached hydrogens (primary N) is 1. The Kier molecular flexibility index (Phi) is 4.28. The van der Waals surface area contributed by atoms with E-state index in [0.717, 1.165) is 12.1 Å². The second-order valence-electron chi connectivity index (χ2n) is 3.43. The number of rotatable bonds is 5. The van der Waals surface area contributed by atoms with Crippen LogP contribution in [0.5, 0.6) is 0 Å². The molecule has 0 radical (unpaired) electrons. The quantitative estimate of drug-likeness (QED) is 0.778. The highest BCUT2D eigenvalue weighted by Gasteiger charge is 2.06. The van der Waals surface area contributed by atoms with Gasteiger partial charge in [-0.05, 0) is 13.8 Å². The van der Waals surface area contributed by atoms with E-state index in [9.17, 15) is 4.21 Å². The monoisotopic (exact) mass is 215 g/mol. The number of hydrogen-bond acceptors (Lipinski definition) is 3. The normalized spacial score (nSPS) is 15.4. The molecule has 1 rings (SSSR count). The lowest BCUT2D eigenvalue weighted by molar-refractivity contribution is 0.659. The zero-order valence-electron chi connectivity index (χ0n) is 8.64. The molecule has 0 bridgehead atoms. The minimum atomic E-state index is -0.868. The minimum Gasteiger partial charge on any atom is -0.327 e. The molecule has 4 nitrogen and oxygen atoms in total. The summed E-state index contributed by atoms with van der Waals surface area (Å²) < 4.78 is 13.3. The largest absolute Gasteiger partial charge is 0.327 e. The average molecular weight is 215 g/mol. The van der Waals surface area contributed by atoms with Gasteiger partial charge in [-0.25, -0.2) is 0 Å². The Bertz CT molecular complexity index is 309. The summed E-state index contributed by atoms with van der Waals surface area (Å²) in [6.45, 7) is 4.74. The van der Waals surface area contributed by atoms with Gasteiger partial charge in [0, 0.05) is 40.9 Å². The summed E-state index contributed by atoms with van der Waals surface area (Å²) in [4.78, 5) is 0. The first-order valence-corrected chi connectivity index (χ1v) is 6.22. The first-order chi connectivity index (χ1) is 6.61. The summed E-state index contributed by atoms with van der Waals surface area (Å²) in [5, 5.41) is 4.12. The van der Waals surface area contributed by atoms with Gasteiger partial charge < -0.3 is 5.73 Å². The molecule has 1 heterocycles. The van der Waals surface area contributed by atoms with Crippen LogP contribution in [0.4, 0.5) is 0 Å². The standard InChI is InChI=1S/C9H17N3OS/c1-3-12-5-9(4-11-12)7-14(13)6-8(2)10/h4-5,8H,3,6-7,10H2,1-2H3. The summed E-state index contributed by atoms with van der Waals surface area (Å²) in [5.74, 6) is 1.11. The summed E-state index contributed by atoms with van der Waals surface area (Å²) in [5.41, 5.74) is 6.58. The van der Waals surface area contributed by atoms with Crippen LogP contribution in [0.15, 0.2) is 12.4 Å². The van der Waals surface area contributed by atoms with Crippen LogP contribution < -0.4 is 5.73 Å². The third kappa shape index (κ3) is 3.59. The molecule has 1 aromatic rings. The van der Waals surface area contributed by atoms with Crippen molar-refractivity contribution in [2.75, 3.05) is 5.75 Å². The van der Waals surface area contributed by atoms with E-state index >= 15 is 0 Å². The van der Waals surface area contributed by atoms with Crippen molar-refractivity contribution in [3.05, 3.63) is 18.0 Å². The highest BCUT2D eigenvalue weighted by atomic mass is 32.2. The van der Waals surface area contributed by atoms with Gasteiger partial charge in [0.15, 0.2) is 0 Å². The fourth-order valence-corrected chi connectivity index (χ4v) is 2.42. The van der Waals surface area contributed by atoms with Crippen molar-refractivity contribution in [3.8, 4) is 0 Å². The van der Waals surface area contributed by atoms with Crippen molar-refractivity contribution in [2.45, 2.75) is 32.2 Å². The molecule has 0 amide bonds. The zero-order chi connectivity index (χ0) is 10.6. The van der Waals surface area contributed by atoms with Crippen molar-refractivity contribution >= 4 is 10.8 Å². The van der Waals surface area contributed by atoms with E-state index in [4.69, 9.17) is 5.73 Å². The molecule has 0 aliphatic carbocycles. The van der Waals surface area contributed by atoms with E-state index in [1.54, 1.807) is 6.20 Å². The second kappa shape index (κ2) is 5.26. The van der Waals surface area contributed by atoms with E-state index in [0.29, 0.717) is 11.5 Å². The predicted octanol–water partition coefficient (Wildman–Crippen LogP) is 0.499. The lowest BCUT2D eigenvalue weighted by atomic mass is 10.4. The van der Waals surface area contributed by atoms with Gasteiger partial charge in [-0.3, -0.25) is 8.89 Å². The molecule has 80 valence electrons. The van der Waals surface area contributed by atoms with Gasteiger partial charge >= 0.3 is 0 Å². The van der Waals surface area contributed by atoms with Gasteiger partial charge in [0.1, 0.15) is 0 Å². The van der Waals surface area contributed by atoms with Crippen LogP contribution in [0.2, 0.25) is 0 Å². The Morgan fingerprint density at radius 1 is 1.71 bits per heavy atom. The molecule has 0 saturated carbocycles. The Morgan fingerprint density at radius 3 is 2.93 bits per heavy atom. The number of hydrogen-bond donors (Lipinski definition) is 1. The van der Waals surface area contributed by atoms with E-state index in [1.807, 2.05) is 24.7 Å². The van der Waals surface area contributed by atoms with Crippen LogP contribution in [-0.2, 0) is 23.1 Å². The molecule has 1 aromatic heterocycles. The average Bonchev–Trinajstić information content (AvgIpc) is 2.50. The molecule has 0 fully saturated rings. The summed E-state index contributed by atoms with van der Waals surface area (Å²) in [6, 6.07) is -0.00273. The van der Waals surface area contributed by atoms with Gasteiger partial charge in [0.05, 0.1) is 11.9 Å². The smallest absolute Gasteiger partial charge is 0.0531 e. The molecule has 2 atom stereocenters. The topological polar surface area (TPSA) is 60.9 Å². The molecular weight excluding hydrogens is 198 g/mol. The number of aromatic nitrogens is 2. The second-order valence-corrected chi connectivity index (χ2v) is 4.93. The van der Waals surface area contributed by atoms with Crippen molar-refractivity contribution in [1.82, 2.24) is 9.78 Å². The van der Waals surface area contributed by atoms with Crippen molar-refractivity contribution in [2.24, 2.45) is 5.73 Å². The Hall–Kier alpha value is -0.680. The molecule has 2 N–H and O–H groups in total. The minimum absolute atomic E-state index is 0.00273. The van der Waals surface area contributed by atoms with Crippen LogP contribution in [0.25, 0.3) is 0 Å². The number of aryl methyl sites for hydroxylation is 1. The van der Waals surface area contributed by atoms with Gasteiger partial charge in [0.25, 0.3) is 0 Å². The molecule has 2 unspecified atom stereocenters. The predicted molar refractivity (Wildman–Crippen MR) is 58.3 cm³/mol. The highest BCUT2D eigenvalue weighted by molar-refractivity contribution is 7.84. The third-order valence-corrected chi connectivity index (χ3v) is 3.34. The van der Waals surface area contributed by atoms with Crippen LogP contribution in [0.1, 0.15) is 19.4 Å². The molecule has 5 heteroatoms. The van der Waals surface area contributed by atoms with Gasteiger partial charge in [0.2, 0.25) is 0 Å². The van der Waals surface area contributed by atoms with E-state index in [2.05, 4.69) is 5.10 Å². The first-order valence-electron chi connectivity index (χ1n) is 4.73. The van der Waals surface area contributed by atoms with Crippen molar-refractivity contribution in [1.29, 1.82) is 0 Å². The molecule has 0 aliphatic rings. The number of nitrogens with zero attached hydrogens (tertiary/aromatic N) is 2. The Labute approximate surface area is 86.9 Å². The lowest BCUT2D eigenvalue weighted by Gasteiger charge is -2.03. The molecule has 0 aliphatic heterocycles. The van der Waals surface area contributed by atoms with E-state index in [1.165, 1.54) is 0 Å². The van der Waals surface area contributed by atoms with Crippen LogP contribution in [0, 0.1) is 0 Å². The Morgan fingerprint density at radius 2 is 2.43 bits per heavy atom. The first kappa shape index (κ1) is 11.4. The van der Waals surface area contributed by atoms with E-state index < -0.39 is 10.8 Å². The zero-order valence-corrected chi connectivity index (χ0v) is 9.46. The van der Waals surface area contributed by atoms with Crippen LogP contribution >= 0.6 is 0 Å². The summed E-state index contributed by atoms with van der Waals surface area (Å²) in [7, 11) is -0.868. The molecule has 14 heavy (non-hydrogen) atoms. The highest BCUT2D eigenvalue weighted by Crippen LogP contribution is 2.03. The Balaban J connectivity index is 2.47. The van der Waals surface area contributed by atoms with Crippen LogP contribution in [-0.4, -0.2) is 25.8 Å². The lowest BCUT2D eigenvalue weighted by Crippen LogP contribution is -2.23.